The van der Waals surface area contributed by atoms with E-state index in [2.05, 4.69) is 6.07 Å². The molecule has 0 aliphatic heterocycles. The molecule has 0 bridgehead atoms. The van der Waals surface area contributed by atoms with Crippen LogP contribution in [0.2, 0.25) is 0 Å². The third kappa shape index (κ3) is 3.65. The third-order valence-electron chi connectivity index (χ3n) is 3.95. The van der Waals surface area contributed by atoms with Gasteiger partial charge in [-0.15, -0.1) is 0 Å². The molecule has 2 rings (SSSR count). The number of methoxy groups -OCH3 is 2. The van der Waals surface area contributed by atoms with Crippen molar-refractivity contribution in [2.24, 2.45) is 0 Å². The first-order valence-electron chi connectivity index (χ1n) is 7.22. The van der Waals surface area contributed by atoms with Gasteiger partial charge in [-0.05, 0) is 37.0 Å². The molecule has 1 aromatic carbocycles. The molecule has 0 spiro atoms. The number of rotatable bonds is 5. The van der Waals surface area contributed by atoms with Crippen molar-refractivity contribution in [2.45, 2.75) is 38.1 Å². The minimum absolute atomic E-state index is 0.209. The van der Waals surface area contributed by atoms with Gasteiger partial charge in [-0.1, -0.05) is 25.0 Å². The summed E-state index contributed by atoms with van der Waals surface area (Å²) in [7, 11) is 3.12. The van der Waals surface area contributed by atoms with E-state index in [4.69, 9.17) is 9.47 Å². The first-order valence-corrected chi connectivity index (χ1v) is 7.22. The fourth-order valence-electron chi connectivity index (χ4n) is 2.83. The smallest absolute Gasteiger partial charge is 0.409 e. The summed E-state index contributed by atoms with van der Waals surface area (Å²) < 4.78 is 10.1. The molecule has 1 saturated carbocycles. The van der Waals surface area contributed by atoms with E-state index in [0.29, 0.717) is 12.6 Å². The van der Waals surface area contributed by atoms with Crippen molar-refractivity contribution >= 4 is 6.09 Å². The van der Waals surface area contributed by atoms with Crippen LogP contribution in [0.1, 0.15) is 31.2 Å². The second-order valence-corrected chi connectivity index (χ2v) is 5.20. The molecule has 1 aliphatic rings. The molecule has 20 heavy (non-hydrogen) atoms. The van der Waals surface area contributed by atoms with Crippen LogP contribution in [0.5, 0.6) is 5.75 Å². The van der Waals surface area contributed by atoms with Crippen molar-refractivity contribution in [1.82, 2.24) is 4.90 Å². The minimum Gasteiger partial charge on any atom is -0.497 e. The number of hydrogen-bond donors (Lipinski definition) is 0. The van der Waals surface area contributed by atoms with Crippen molar-refractivity contribution in [1.29, 1.82) is 0 Å². The maximum atomic E-state index is 11.9. The van der Waals surface area contributed by atoms with Gasteiger partial charge in [0.25, 0.3) is 0 Å². The first-order chi connectivity index (χ1) is 9.74. The second kappa shape index (κ2) is 7.17. The maximum Gasteiger partial charge on any atom is 0.409 e. The Balaban J connectivity index is 1.98. The fraction of sp³-hybridized carbons (Fsp3) is 0.562. The molecule has 0 heterocycles. The van der Waals surface area contributed by atoms with Gasteiger partial charge >= 0.3 is 6.09 Å². The molecule has 1 aromatic rings. The Kier molecular flexibility index (Phi) is 5.27. The molecule has 4 heteroatoms. The van der Waals surface area contributed by atoms with E-state index >= 15 is 0 Å². The van der Waals surface area contributed by atoms with Crippen LogP contribution in [0.25, 0.3) is 0 Å². The van der Waals surface area contributed by atoms with E-state index < -0.39 is 0 Å². The molecule has 0 atom stereocenters. The first kappa shape index (κ1) is 14.7. The number of amides is 1. The summed E-state index contributed by atoms with van der Waals surface area (Å²) in [6.45, 7) is 0.699. The topological polar surface area (TPSA) is 38.8 Å². The van der Waals surface area contributed by atoms with E-state index in [1.165, 1.54) is 25.5 Å². The van der Waals surface area contributed by atoms with Crippen molar-refractivity contribution in [2.75, 3.05) is 20.8 Å². The highest BCUT2D eigenvalue weighted by atomic mass is 16.5. The van der Waals surface area contributed by atoms with Gasteiger partial charge in [0.2, 0.25) is 0 Å². The van der Waals surface area contributed by atoms with Crippen molar-refractivity contribution in [3.05, 3.63) is 29.8 Å². The van der Waals surface area contributed by atoms with Crippen LogP contribution in [-0.2, 0) is 11.2 Å². The number of benzene rings is 1. The highest BCUT2D eigenvalue weighted by Gasteiger charge is 2.26. The fourth-order valence-corrected chi connectivity index (χ4v) is 2.83. The van der Waals surface area contributed by atoms with Gasteiger partial charge in [-0.2, -0.15) is 0 Å². The zero-order chi connectivity index (χ0) is 14.4. The molecule has 4 nitrogen and oxygen atoms in total. The van der Waals surface area contributed by atoms with Gasteiger partial charge in [-0.3, -0.25) is 0 Å². The van der Waals surface area contributed by atoms with Crippen LogP contribution >= 0.6 is 0 Å². The average molecular weight is 277 g/mol. The lowest BCUT2D eigenvalue weighted by molar-refractivity contribution is 0.106. The summed E-state index contributed by atoms with van der Waals surface area (Å²) in [5.74, 6) is 0.855. The van der Waals surface area contributed by atoms with Gasteiger partial charge in [0.1, 0.15) is 5.75 Å². The summed E-state index contributed by atoms with van der Waals surface area (Å²) in [5.41, 5.74) is 1.18. The Morgan fingerprint density at radius 1 is 1.30 bits per heavy atom. The minimum atomic E-state index is -0.209. The van der Waals surface area contributed by atoms with Gasteiger partial charge in [0, 0.05) is 12.6 Å². The van der Waals surface area contributed by atoms with E-state index in [1.54, 1.807) is 7.11 Å². The zero-order valence-corrected chi connectivity index (χ0v) is 12.3. The van der Waals surface area contributed by atoms with Crippen LogP contribution in [0.4, 0.5) is 4.79 Å². The van der Waals surface area contributed by atoms with Crippen LogP contribution in [0.3, 0.4) is 0 Å². The SMILES string of the molecule is COC(=O)N(CCc1cccc(OC)c1)C1CCCC1. The quantitative estimate of drug-likeness (QED) is 0.829. The maximum absolute atomic E-state index is 11.9. The standard InChI is InChI=1S/C16H23NO3/c1-19-15-9-5-6-13(12-15)10-11-17(16(18)20-2)14-7-3-4-8-14/h5-6,9,12,14H,3-4,7-8,10-11H2,1-2H3. The molecule has 0 saturated heterocycles. The highest BCUT2D eigenvalue weighted by molar-refractivity contribution is 5.67. The molecule has 0 radical (unpaired) electrons. The number of carbonyl (C=O) groups excluding carboxylic acids is 1. The molecule has 1 amide bonds. The van der Waals surface area contributed by atoms with Gasteiger partial charge in [0.05, 0.1) is 14.2 Å². The predicted molar refractivity (Wildman–Crippen MR) is 78.1 cm³/mol. The zero-order valence-electron chi connectivity index (χ0n) is 12.3. The molecule has 1 aliphatic carbocycles. The lowest BCUT2D eigenvalue weighted by Gasteiger charge is -2.27. The van der Waals surface area contributed by atoms with Crippen molar-refractivity contribution in [3.8, 4) is 5.75 Å². The van der Waals surface area contributed by atoms with Crippen LogP contribution in [0, 0.1) is 0 Å². The summed E-state index contributed by atoms with van der Waals surface area (Å²) >= 11 is 0. The van der Waals surface area contributed by atoms with E-state index in [9.17, 15) is 4.79 Å². The number of nitrogens with zero attached hydrogens (tertiary/aromatic N) is 1. The third-order valence-corrected chi connectivity index (χ3v) is 3.95. The Morgan fingerprint density at radius 3 is 2.70 bits per heavy atom. The highest BCUT2D eigenvalue weighted by Crippen LogP contribution is 2.24. The largest absolute Gasteiger partial charge is 0.497 e. The van der Waals surface area contributed by atoms with E-state index in [1.807, 2.05) is 23.1 Å². The summed E-state index contributed by atoms with van der Waals surface area (Å²) in [6, 6.07) is 8.33. The Morgan fingerprint density at radius 2 is 2.05 bits per heavy atom. The molecule has 0 aromatic heterocycles. The predicted octanol–water partition coefficient (Wildman–Crippen LogP) is 3.25. The van der Waals surface area contributed by atoms with Crippen LogP contribution in [0.15, 0.2) is 24.3 Å². The number of ether oxygens (including phenoxy) is 2. The Hall–Kier alpha value is -1.71. The van der Waals surface area contributed by atoms with E-state index in [-0.39, 0.29) is 6.09 Å². The lowest BCUT2D eigenvalue weighted by atomic mass is 10.1. The van der Waals surface area contributed by atoms with Gasteiger partial charge < -0.3 is 14.4 Å². The van der Waals surface area contributed by atoms with Gasteiger partial charge in [-0.25, -0.2) is 4.79 Å². The second-order valence-electron chi connectivity index (χ2n) is 5.20. The molecule has 1 fully saturated rings. The van der Waals surface area contributed by atoms with Crippen LogP contribution < -0.4 is 4.74 Å². The van der Waals surface area contributed by atoms with Crippen molar-refractivity contribution in [3.63, 3.8) is 0 Å². The van der Waals surface area contributed by atoms with Gasteiger partial charge in [0.15, 0.2) is 0 Å². The normalized spacial score (nSPS) is 15.1. The van der Waals surface area contributed by atoms with Crippen molar-refractivity contribution < 1.29 is 14.3 Å². The Bertz CT molecular complexity index is 441. The van der Waals surface area contributed by atoms with Crippen LogP contribution in [-0.4, -0.2) is 37.8 Å². The monoisotopic (exact) mass is 277 g/mol. The number of carbonyl (C=O) groups is 1. The summed E-state index contributed by atoms with van der Waals surface area (Å²) in [4.78, 5) is 13.8. The summed E-state index contributed by atoms with van der Waals surface area (Å²) in [5, 5.41) is 0. The number of hydrogen-bond acceptors (Lipinski definition) is 3. The molecule has 0 N–H and O–H groups in total. The Labute approximate surface area is 120 Å². The molecule has 110 valence electrons. The molecular formula is C16H23NO3. The average Bonchev–Trinajstić information content (AvgIpc) is 3.01. The molecular weight excluding hydrogens is 254 g/mol. The lowest BCUT2D eigenvalue weighted by Crippen LogP contribution is -2.40. The van der Waals surface area contributed by atoms with E-state index in [0.717, 1.165) is 25.0 Å². The molecule has 0 unspecified atom stereocenters. The summed E-state index contributed by atoms with van der Waals surface area (Å²) in [6.07, 6.45) is 5.21.